The van der Waals surface area contributed by atoms with Gasteiger partial charge in [0.25, 0.3) is 0 Å². The number of hydrogen-bond donors (Lipinski definition) is 0. The van der Waals surface area contributed by atoms with Crippen LogP contribution in [0.3, 0.4) is 0 Å². The van der Waals surface area contributed by atoms with Crippen LogP contribution in [0.2, 0.25) is 0 Å². The van der Waals surface area contributed by atoms with Crippen LogP contribution in [-0.2, 0) is 26.4 Å². The van der Waals surface area contributed by atoms with Gasteiger partial charge in [-0.25, -0.2) is 8.42 Å². The molecule has 1 atom stereocenters. The van der Waals surface area contributed by atoms with Crippen molar-refractivity contribution in [2.75, 3.05) is 12.5 Å². The molecule has 176 valence electrons. The monoisotopic (exact) mass is 496 g/mol. The fourth-order valence-electron chi connectivity index (χ4n) is 3.74. The van der Waals surface area contributed by atoms with Gasteiger partial charge in [0.1, 0.15) is 9.84 Å². The van der Waals surface area contributed by atoms with Crippen molar-refractivity contribution in [3.8, 4) is 28.0 Å². The standard InChI is InChI=1S/C25H24N2O5S2/c1-17(33(2,28)29)10-18-11-21-8-5-9-27-25(21)24(12-18)20-7-4-6-19(13-20)22-14-23(16-26-15-22)32-34(3,30)31/h4-9,11-17H,10H2,1-3H3. The minimum Gasteiger partial charge on any atom is -0.381 e. The number of benzene rings is 2. The molecule has 0 N–H and O–H groups in total. The van der Waals surface area contributed by atoms with Crippen LogP contribution in [0.25, 0.3) is 33.2 Å². The molecule has 0 saturated carbocycles. The second kappa shape index (κ2) is 9.15. The van der Waals surface area contributed by atoms with Gasteiger partial charge in [0, 0.05) is 35.2 Å². The lowest BCUT2D eigenvalue weighted by molar-refractivity contribution is 0.492. The molecule has 0 saturated heterocycles. The molecule has 2 aromatic heterocycles. The van der Waals surface area contributed by atoms with Crippen molar-refractivity contribution < 1.29 is 21.0 Å². The Labute approximate surface area is 199 Å². The van der Waals surface area contributed by atoms with E-state index < -0.39 is 25.2 Å². The van der Waals surface area contributed by atoms with Crippen LogP contribution in [0.4, 0.5) is 0 Å². The maximum atomic E-state index is 12.0. The Balaban J connectivity index is 1.80. The quantitative estimate of drug-likeness (QED) is 0.352. The molecule has 0 bridgehead atoms. The SMILES string of the molecule is CC(Cc1cc(-c2cccc(-c3cncc(OS(C)(=O)=O)c3)c2)c2ncccc2c1)S(C)(=O)=O. The highest BCUT2D eigenvalue weighted by molar-refractivity contribution is 7.91. The molecular weight excluding hydrogens is 472 g/mol. The summed E-state index contributed by atoms with van der Waals surface area (Å²) in [5.74, 6) is 0.134. The molecule has 0 amide bonds. The normalized spacial score (nSPS) is 13.0. The van der Waals surface area contributed by atoms with Gasteiger partial charge in [0.2, 0.25) is 0 Å². The molecule has 34 heavy (non-hydrogen) atoms. The summed E-state index contributed by atoms with van der Waals surface area (Å²) in [6.07, 6.45) is 7.33. The Hall–Kier alpha value is -3.30. The van der Waals surface area contributed by atoms with Gasteiger partial charge in [-0.3, -0.25) is 9.97 Å². The van der Waals surface area contributed by atoms with Gasteiger partial charge >= 0.3 is 10.1 Å². The predicted molar refractivity (Wildman–Crippen MR) is 134 cm³/mol. The van der Waals surface area contributed by atoms with Gasteiger partial charge in [-0.15, -0.1) is 0 Å². The lowest BCUT2D eigenvalue weighted by Gasteiger charge is -2.14. The highest BCUT2D eigenvalue weighted by atomic mass is 32.2. The van der Waals surface area contributed by atoms with E-state index in [1.165, 1.54) is 12.5 Å². The summed E-state index contributed by atoms with van der Waals surface area (Å²) >= 11 is 0. The molecule has 2 heterocycles. The van der Waals surface area contributed by atoms with Gasteiger partial charge in [-0.05, 0) is 60.4 Å². The van der Waals surface area contributed by atoms with Crippen LogP contribution in [0, 0.1) is 0 Å². The lowest BCUT2D eigenvalue weighted by Crippen LogP contribution is -2.18. The molecule has 0 radical (unpaired) electrons. The molecule has 0 aliphatic rings. The topological polar surface area (TPSA) is 103 Å². The smallest absolute Gasteiger partial charge is 0.306 e. The highest BCUT2D eigenvalue weighted by Crippen LogP contribution is 2.33. The van der Waals surface area contributed by atoms with Gasteiger partial charge in [-0.2, -0.15) is 8.42 Å². The Bertz CT molecular complexity index is 1580. The van der Waals surface area contributed by atoms with Crippen LogP contribution in [-0.4, -0.2) is 44.6 Å². The number of sulfone groups is 1. The Morgan fingerprint density at radius 3 is 2.38 bits per heavy atom. The first-order chi connectivity index (χ1) is 16.0. The maximum absolute atomic E-state index is 12.0. The third-order valence-corrected chi connectivity index (χ3v) is 7.61. The van der Waals surface area contributed by atoms with E-state index in [-0.39, 0.29) is 5.75 Å². The molecular formula is C25H24N2O5S2. The van der Waals surface area contributed by atoms with Crippen LogP contribution < -0.4 is 4.18 Å². The first-order valence-corrected chi connectivity index (χ1v) is 14.3. The zero-order chi connectivity index (χ0) is 24.5. The second-order valence-corrected chi connectivity index (χ2v) is 12.4. The Kier molecular flexibility index (Phi) is 6.42. The van der Waals surface area contributed by atoms with Gasteiger partial charge in [0.15, 0.2) is 5.75 Å². The second-order valence-electron chi connectivity index (χ2n) is 8.34. The molecule has 2 aromatic carbocycles. The number of pyridine rings is 2. The zero-order valence-corrected chi connectivity index (χ0v) is 20.6. The first kappa shape index (κ1) is 23.8. The van der Waals surface area contributed by atoms with E-state index in [9.17, 15) is 16.8 Å². The molecule has 1 unspecified atom stereocenters. The van der Waals surface area contributed by atoms with E-state index in [0.29, 0.717) is 12.0 Å². The first-order valence-electron chi connectivity index (χ1n) is 10.5. The van der Waals surface area contributed by atoms with E-state index in [1.54, 1.807) is 25.4 Å². The summed E-state index contributed by atoms with van der Waals surface area (Å²) in [4.78, 5) is 8.67. The fraction of sp³-hybridized carbons (Fsp3) is 0.200. The number of rotatable bonds is 7. The summed E-state index contributed by atoms with van der Waals surface area (Å²) < 4.78 is 51.9. The number of aromatic nitrogens is 2. The van der Waals surface area contributed by atoms with E-state index in [2.05, 4.69) is 9.97 Å². The van der Waals surface area contributed by atoms with Crippen LogP contribution in [0.15, 0.2) is 73.2 Å². The molecule has 4 aromatic rings. The minimum atomic E-state index is -3.67. The van der Waals surface area contributed by atoms with E-state index >= 15 is 0 Å². The third kappa shape index (κ3) is 5.60. The van der Waals surface area contributed by atoms with E-state index in [0.717, 1.165) is 39.4 Å². The molecule has 9 heteroatoms. The third-order valence-electron chi connectivity index (χ3n) is 5.49. The van der Waals surface area contributed by atoms with Crippen molar-refractivity contribution in [2.45, 2.75) is 18.6 Å². The predicted octanol–water partition coefficient (Wildman–Crippen LogP) is 4.28. The van der Waals surface area contributed by atoms with Crippen molar-refractivity contribution in [1.82, 2.24) is 9.97 Å². The minimum absolute atomic E-state index is 0.134. The molecule has 0 aliphatic heterocycles. The van der Waals surface area contributed by atoms with Crippen LogP contribution in [0.5, 0.6) is 5.75 Å². The average molecular weight is 497 g/mol. The summed E-state index contributed by atoms with van der Waals surface area (Å²) in [5, 5.41) is 0.413. The summed E-state index contributed by atoms with van der Waals surface area (Å²) in [7, 11) is -6.84. The molecule has 0 aliphatic carbocycles. The molecule has 0 spiro atoms. The van der Waals surface area contributed by atoms with Crippen LogP contribution in [0.1, 0.15) is 12.5 Å². The van der Waals surface area contributed by atoms with E-state index in [1.807, 2.05) is 48.5 Å². The van der Waals surface area contributed by atoms with Crippen molar-refractivity contribution in [3.63, 3.8) is 0 Å². The zero-order valence-electron chi connectivity index (χ0n) is 19.0. The highest BCUT2D eigenvalue weighted by Gasteiger charge is 2.17. The van der Waals surface area contributed by atoms with E-state index in [4.69, 9.17) is 4.18 Å². The molecule has 7 nitrogen and oxygen atoms in total. The fourth-order valence-corrected chi connectivity index (χ4v) is 4.67. The number of fused-ring (bicyclic) bond motifs is 1. The summed E-state index contributed by atoms with van der Waals surface area (Å²) in [5.41, 5.74) is 5.01. The Morgan fingerprint density at radius 2 is 1.65 bits per heavy atom. The average Bonchev–Trinajstić information content (AvgIpc) is 2.77. The van der Waals surface area contributed by atoms with Crippen molar-refractivity contribution in [2.24, 2.45) is 0 Å². The Morgan fingerprint density at radius 1 is 0.882 bits per heavy atom. The van der Waals surface area contributed by atoms with Gasteiger partial charge in [-0.1, -0.05) is 24.3 Å². The van der Waals surface area contributed by atoms with Gasteiger partial charge < -0.3 is 4.18 Å². The number of hydrogen-bond acceptors (Lipinski definition) is 7. The maximum Gasteiger partial charge on any atom is 0.306 e. The molecule has 4 rings (SSSR count). The van der Waals surface area contributed by atoms with Gasteiger partial charge in [0.05, 0.1) is 23.2 Å². The number of nitrogens with zero attached hydrogens (tertiary/aromatic N) is 2. The summed E-state index contributed by atoms with van der Waals surface area (Å²) in [6, 6.07) is 17.1. The van der Waals surface area contributed by atoms with Crippen molar-refractivity contribution in [1.29, 1.82) is 0 Å². The van der Waals surface area contributed by atoms with Crippen LogP contribution >= 0.6 is 0 Å². The molecule has 0 fully saturated rings. The lowest BCUT2D eigenvalue weighted by atomic mass is 9.95. The van der Waals surface area contributed by atoms with Crippen molar-refractivity contribution >= 4 is 30.9 Å². The largest absolute Gasteiger partial charge is 0.381 e. The van der Waals surface area contributed by atoms with Crippen molar-refractivity contribution in [3.05, 3.63) is 78.8 Å². The summed E-state index contributed by atoms with van der Waals surface area (Å²) in [6.45, 7) is 1.71.